The van der Waals surface area contributed by atoms with E-state index in [9.17, 15) is 4.79 Å². The van der Waals surface area contributed by atoms with Crippen LogP contribution in [-0.2, 0) is 11.3 Å². The number of benzene rings is 1. The number of nitrogens with zero attached hydrogens (tertiary/aromatic N) is 4. The van der Waals surface area contributed by atoms with E-state index >= 15 is 0 Å². The fraction of sp³-hybridized carbons (Fsp3) is 0.367. The SMILES string of the molecule is CC1(C)C=C(Nc2ccc(-c3ccc4c(c3)CNC4=O)n3ncnc23)C=CC(N2CCOCC(C)(C)C2)=C1. The van der Waals surface area contributed by atoms with Crippen molar-refractivity contribution in [3.05, 3.63) is 83.5 Å². The number of rotatable bonds is 4. The van der Waals surface area contributed by atoms with Gasteiger partial charge < -0.3 is 20.3 Å². The fourth-order valence-corrected chi connectivity index (χ4v) is 5.53. The van der Waals surface area contributed by atoms with E-state index in [2.05, 4.69) is 83.7 Å². The Labute approximate surface area is 223 Å². The van der Waals surface area contributed by atoms with Gasteiger partial charge >= 0.3 is 0 Å². The lowest BCUT2D eigenvalue weighted by atomic mass is 9.90. The molecular weight excluding hydrogens is 476 g/mol. The van der Waals surface area contributed by atoms with Gasteiger partial charge in [-0.2, -0.15) is 5.10 Å². The number of ether oxygens (including phenoxy) is 1. The van der Waals surface area contributed by atoms with Crippen LogP contribution in [0.1, 0.15) is 43.6 Å². The largest absolute Gasteiger partial charge is 0.379 e. The van der Waals surface area contributed by atoms with Gasteiger partial charge in [0.2, 0.25) is 0 Å². The van der Waals surface area contributed by atoms with E-state index < -0.39 is 0 Å². The van der Waals surface area contributed by atoms with Gasteiger partial charge in [0, 0.05) is 53.0 Å². The summed E-state index contributed by atoms with van der Waals surface area (Å²) in [6, 6.07) is 10.00. The molecule has 1 aliphatic carbocycles. The highest BCUT2D eigenvalue weighted by Crippen LogP contribution is 2.33. The number of hydrogen-bond acceptors (Lipinski definition) is 6. The predicted octanol–water partition coefficient (Wildman–Crippen LogP) is 4.77. The molecule has 0 radical (unpaired) electrons. The molecule has 0 spiro atoms. The second-order valence-corrected chi connectivity index (χ2v) is 11.8. The first-order chi connectivity index (χ1) is 18.2. The van der Waals surface area contributed by atoms with E-state index in [1.54, 1.807) is 6.33 Å². The molecule has 8 heteroatoms. The summed E-state index contributed by atoms with van der Waals surface area (Å²) in [6.45, 7) is 12.9. The van der Waals surface area contributed by atoms with Crippen molar-refractivity contribution < 1.29 is 9.53 Å². The van der Waals surface area contributed by atoms with Crippen molar-refractivity contribution in [2.24, 2.45) is 10.8 Å². The molecule has 38 heavy (non-hydrogen) atoms. The minimum atomic E-state index is -0.155. The predicted molar refractivity (Wildman–Crippen MR) is 148 cm³/mol. The highest BCUT2D eigenvalue weighted by Gasteiger charge is 2.28. The molecule has 3 aliphatic rings. The van der Waals surface area contributed by atoms with E-state index in [0.717, 1.165) is 65.7 Å². The molecule has 0 bridgehead atoms. The molecule has 8 nitrogen and oxygen atoms in total. The third-order valence-corrected chi connectivity index (χ3v) is 7.25. The molecule has 1 aromatic carbocycles. The maximum atomic E-state index is 12.0. The zero-order valence-corrected chi connectivity index (χ0v) is 22.4. The standard InChI is InChI=1S/C30H34N6O2/c1-29(2)14-22(6-7-23(15-29)35-11-12-38-18-30(3,4)17-35)34-25-9-10-26(36-27(25)32-19-33-36)20-5-8-24-21(13-20)16-31-28(24)37/h5-10,13-15,19,34H,11-12,16-18H2,1-4H3,(H,31,37). The summed E-state index contributed by atoms with van der Waals surface area (Å²) in [5.41, 5.74) is 7.45. The van der Waals surface area contributed by atoms with Crippen LogP contribution in [0, 0.1) is 10.8 Å². The van der Waals surface area contributed by atoms with Gasteiger partial charge in [-0.1, -0.05) is 45.9 Å². The summed E-state index contributed by atoms with van der Waals surface area (Å²) in [7, 11) is 0. The molecule has 2 aromatic heterocycles. The monoisotopic (exact) mass is 510 g/mol. The van der Waals surface area contributed by atoms with Crippen LogP contribution in [0.25, 0.3) is 16.9 Å². The average Bonchev–Trinajstić information content (AvgIpc) is 3.41. The third kappa shape index (κ3) is 4.72. The third-order valence-electron chi connectivity index (χ3n) is 7.25. The van der Waals surface area contributed by atoms with Gasteiger partial charge in [-0.25, -0.2) is 9.50 Å². The van der Waals surface area contributed by atoms with Gasteiger partial charge in [-0.05, 0) is 42.0 Å². The number of pyridine rings is 1. The molecule has 1 saturated heterocycles. The number of carbonyl (C=O) groups is 1. The van der Waals surface area contributed by atoms with Crippen molar-refractivity contribution in [1.29, 1.82) is 0 Å². The Morgan fingerprint density at radius 1 is 1.08 bits per heavy atom. The van der Waals surface area contributed by atoms with E-state index in [0.29, 0.717) is 6.54 Å². The summed E-state index contributed by atoms with van der Waals surface area (Å²) in [6.07, 6.45) is 10.5. The van der Waals surface area contributed by atoms with Crippen LogP contribution in [0.2, 0.25) is 0 Å². The van der Waals surface area contributed by atoms with Crippen LogP contribution < -0.4 is 10.6 Å². The lowest BCUT2D eigenvalue weighted by Crippen LogP contribution is -2.34. The molecule has 2 N–H and O–H groups in total. The van der Waals surface area contributed by atoms with Gasteiger partial charge in [0.05, 0.1) is 24.6 Å². The van der Waals surface area contributed by atoms with E-state index in [1.165, 1.54) is 5.70 Å². The van der Waals surface area contributed by atoms with Crippen LogP contribution in [0.4, 0.5) is 5.69 Å². The number of hydrogen-bond donors (Lipinski definition) is 2. The molecule has 3 aromatic rings. The highest BCUT2D eigenvalue weighted by atomic mass is 16.5. The van der Waals surface area contributed by atoms with Crippen molar-refractivity contribution in [2.45, 2.75) is 34.2 Å². The van der Waals surface area contributed by atoms with Gasteiger partial charge in [-0.3, -0.25) is 4.79 Å². The second-order valence-electron chi connectivity index (χ2n) is 11.8. The van der Waals surface area contributed by atoms with E-state index in [1.807, 2.05) is 28.8 Å². The molecule has 1 fully saturated rings. The number of amides is 1. The van der Waals surface area contributed by atoms with Crippen LogP contribution in [0.5, 0.6) is 0 Å². The Balaban J connectivity index is 1.28. The van der Waals surface area contributed by atoms with Gasteiger partial charge in [-0.15, -0.1) is 0 Å². The molecule has 2 aliphatic heterocycles. The maximum Gasteiger partial charge on any atom is 0.251 e. The minimum absolute atomic E-state index is 0.0183. The number of anilines is 1. The van der Waals surface area contributed by atoms with Crippen molar-refractivity contribution >= 4 is 17.2 Å². The molecule has 0 atom stereocenters. The van der Waals surface area contributed by atoms with Crippen molar-refractivity contribution in [2.75, 3.05) is 31.6 Å². The van der Waals surface area contributed by atoms with Crippen molar-refractivity contribution in [3.63, 3.8) is 0 Å². The zero-order chi connectivity index (χ0) is 26.5. The fourth-order valence-electron chi connectivity index (χ4n) is 5.53. The molecule has 0 unspecified atom stereocenters. The van der Waals surface area contributed by atoms with Crippen molar-refractivity contribution in [1.82, 2.24) is 24.8 Å². The Kier molecular flexibility index (Phi) is 5.87. The van der Waals surface area contributed by atoms with Crippen LogP contribution in [0.3, 0.4) is 0 Å². The summed E-state index contributed by atoms with van der Waals surface area (Å²) in [5.74, 6) is -0.0183. The highest BCUT2D eigenvalue weighted by molar-refractivity contribution is 5.98. The van der Waals surface area contributed by atoms with Gasteiger partial charge in [0.1, 0.15) is 6.33 Å². The Morgan fingerprint density at radius 2 is 1.95 bits per heavy atom. The Morgan fingerprint density at radius 3 is 2.82 bits per heavy atom. The first-order valence-corrected chi connectivity index (χ1v) is 13.2. The minimum Gasteiger partial charge on any atom is -0.379 e. The number of nitrogens with one attached hydrogen (secondary N) is 2. The first kappa shape index (κ1) is 24.4. The molecular formula is C30H34N6O2. The molecule has 4 heterocycles. The molecule has 6 rings (SSSR count). The van der Waals surface area contributed by atoms with Crippen LogP contribution >= 0.6 is 0 Å². The summed E-state index contributed by atoms with van der Waals surface area (Å²) in [4.78, 5) is 19.0. The topological polar surface area (TPSA) is 83.8 Å². The number of aromatic nitrogens is 3. The molecule has 1 amide bonds. The molecule has 0 saturated carbocycles. The number of allylic oxidation sites excluding steroid dienone is 4. The Hall–Kier alpha value is -3.91. The van der Waals surface area contributed by atoms with Gasteiger partial charge in [0.25, 0.3) is 5.91 Å². The van der Waals surface area contributed by atoms with Gasteiger partial charge in [0.15, 0.2) is 5.65 Å². The lowest BCUT2D eigenvalue weighted by molar-refractivity contribution is 0.0889. The maximum absolute atomic E-state index is 12.0. The van der Waals surface area contributed by atoms with Crippen molar-refractivity contribution in [3.8, 4) is 11.3 Å². The normalized spacial score (nSPS) is 20.3. The summed E-state index contributed by atoms with van der Waals surface area (Å²) >= 11 is 0. The zero-order valence-electron chi connectivity index (χ0n) is 22.4. The number of fused-ring (bicyclic) bond motifs is 2. The van der Waals surface area contributed by atoms with Crippen LogP contribution in [0.15, 0.2) is 72.4 Å². The molecule has 196 valence electrons. The van der Waals surface area contributed by atoms with Crippen LogP contribution in [-0.4, -0.2) is 51.7 Å². The Bertz CT molecular complexity index is 1510. The average molecular weight is 511 g/mol. The first-order valence-electron chi connectivity index (χ1n) is 13.2. The summed E-state index contributed by atoms with van der Waals surface area (Å²) in [5, 5.41) is 11.0. The number of carbonyl (C=O) groups excluding carboxylic acids is 1. The lowest BCUT2D eigenvalue weighted by Gasteiger charge is -2.31. The smallest absolute Gasteiger partial charge is 0.251 e. The van der Waals surface area contributed by atoms with E-state index in [-0.39, 0.29) is 16.7 Å². The summed E-state index contributed by atoms with van der Waals surface area (Å²) < 4.78 is 7.71. The van der Waals surface area contributed by atoms with E-state index in [4.69, 9.17) is 4.74 Å². The quantitative estimate of drug-likeness (QED) is 0.526. The second kappa shape index (κ2) is 9.13.